The lowest BCUT2D eigenvalue weighted by molar-refractivity contribution is 0.454. The Kier molecular flexibility index (Phi) is 3.67. The van der Waals surface area contributed by atoms with Gasteiger partial charge in [0.25, 0.3) is 0 Å². The molecule has 3 aromatic rings. The zero-order chi connectivity index (χ0) is 18.5. The van der Waals surface area contributed by atoms with E-state index in [1.54, 1.807) is 28.6 Å². The number of H-pyrrole nitrogens is 2. The van der Waals surface area contributed by atoms with Crippen LogP contribution in [0.4, 0.5) is 0 Å². The van der Waals surface area contributed by atoms with E-state index in [9.17, 15) is 9.90 Å². The molecule has 1 unspecified atom stereocenters. The van der Waals surface area contributed by atoms with E-state index >= 15 is 0 Å². The molecular formula is C17H17N7O2S. The summed E-state index contributed by atoms with van der Waals surface area (Å²) in [6, 6.07) is 0.300. The third kappa shape index (κ3) is 3.05. The number of aromatic hydroxyl groups is 1. The largest absolute Gasteiger partial charge is 0.493 e. The molecule has 0 amide bonds. The van der Waals surface area contributed by atoms with E-state index in [-0.39, 0.29) is 16.8 Å². The second kappa shape index (κ2) is 6.08. The highest BCUT2D eigenvalue weighted by atomic mass is 32.2. The molecule has 27 heavy (non-hydrogen) atoms. The van der Waals surface area contributed by atoms with Crippen LogP contribution in [0.3, 0.4) is 0 Å². The molecule has 138 valence electrons. The van der Waals surface area contributed by atoms with Crippen LogP contribution < -0.4 is 16.5 Å². The Balaban J connectivity index is 1.72. The van der Waals surface area contributed by atoms with E-state index in [0.717, 1.165) is 25.1 Å². The molecule has 1 aliphatic heterocycles. The number of thioether (sulfide) groups is 1. The first-order valence-electron chi connectivity index (χ1n) is 8.73. The summed E-state index contributed by atoms with van der Waals surface area (Å²) in [6.07, 6.45) is 8.48. The van der Waals surface area contributed by atoms with Crippen LogP contribution in [0.5, 0.6) is 5.88 Å². The first-order chi connectivity index (χ1) is 13.1. The number of nitrogens with zero attached hydrogens (tertiary/aromatic N) is 5. The Labute approximate surface area is 157 Å². The van der Waals surface area contributed by atoms with Crippen molar-refractivity contribution >= 4 is 23.5 Å². The molecule has 10 heteroatoms. The number of hydrogen-bond acceptors (Lipinski definition) is 7. The third-order valence-electron chi connectivity index (χ3n) is 4.51. The number of aromatic amines is 2. The van der Waals surface area contributed by atoms with Crippen LogP contribution in [0.25, 0.3) is 11.7 Å². The second-order valence-electron chi connectivity index (χ2n) is 6.72. The fourth-order valence-corrected chi connectivity index (χ4v) is 4.04. The molecule has 4 heterocycles. The quantitative estimate of drug-likeness (QED) is 0.606. The molecule has 3 aromatic heterocycles. The summed E-state index contributed by atoms with van der Waals surface area (Å²) in [7, 11) is 0. The van der Waals surface area contributed by atoms with Crippen molar-refractivity contribution in [3.63, 3.8) is 0 Å². The zero-order valence-electron chi connectivity index (χ0n) is 14.5. The molecule has 0 saturated heterocycles. The topological polar surface area (TPSA) is 124 Å². The number of allylic oxidation sites excluding steroid dienone is 2. The van der Waals surface area contributed by atoms with Crippen LogP contribution in [0.2, 0.25) is 0 Å². The normalized spacial score (nSPS) is 21.4. The summed E-state index contributed by atoms with van der Waals surface area (Å²) in [5, 5.41) is 15.0. The van der Waals surface area contributed by atoms with Gasteiger partial charge in [-0.05, 0) is 37.2 Å². The third-order valence-corrected chi connectivity index (χ3v) is 5.74. The lowest BCUT2D eigenvalue weighted by Gasteiger charge is -2.08. The molecule has 9 nitrogen and oxygen atoms in total. The fraction of sp³-hybridized carbons (Fsp3) is 0.353. The Hall–Kier alpha value is -2.88. The Bertz CT molecular complexity index is 1250. The number of nitrogens with one attached hydrogen (secondary N) is 2. The predicted octanol–water partition coefficient (Wildman–Crippen LogP) is 0.539. The number of imidazole rings is 1. The van der Waals surface area contributed by atoms with Crippen LogP contribution in [0.15, 0.2) is 27.0 Å². The molecule has 0 bridgehead atoms. The van der Waals surface area contributed by atoms with Crippen molar-refractivity contribution < 1.29 is 5.11 Å². The lowest BCUT2D eigenvalue weighted by Crippen LogP contribution is -2.25. The summed E-state index contributed by atoms with van der Waals surface area (Å²) in [6.45, 7) is 2.09. The minimum absolute atomic E-state index is 0.159. The maximum Gasteiger partial charge on any atom is 0.326 e. The van der Waals surface area contributed by atoms with E-state index < -0.39 is 5.69 Å². The van der Waals surface area contributed by atoms with Crippen LogP contribution in [-0.2, 0) is 0 Å². The highest BCUT2D eigenvalue weighted by Gasteiger charge is 2.24. The van der Waals surface area contributed by atoms with Crippen LogP contribution >= 0.6 is 11.8 Å². The van der Waals surface area contributed by atoms with Crippen molar-refractivity contribution in [3.05, 3.63) is 50.0 Å². The second-order valence-corrected chi connectivity index (χ2v) is 8.17. The predicted molar refractivity (Wildman–Crippen MR) is 99.9 cm³/mol. The minimum Gasteiger partial charge on any atom is -0.493 e. The Morgan fingerprint density at radius 3 is 2.89 bits per heavy atom. The zero-order valence-corrected chi connectivity index (χ0v) is 15.3. The lowest BCUT2D eigenvalue weighted by atomic mass is 10.2. The van der Waals surface area contributed by atoms with Crippen molar-refractivity contribution in [2.24, 2.45) is 4.99 Å². The maximum absolute atomic E-state index is 11.4. The number of aromatic nitrogens is 6. The molecule has 1 aliphatic carbocycles. The van der Waals surface area contributed by atoms with Gasteiger partial charge in [-0.3, -0.25) is 4.98 Å². The van der Waals surface area contributed by atoms with Crippen molar-refractivity contribution in [1.82, 2.24) is 29.5 Å². The van der Waals surface area contributed by atoms with Gasteiger partial charge in [-0.1, -0.05) is 6.08 Å². The van der Waals surface area contributed by atoms with E-state index in [1.807, 2.05) is 0 Å². The first-order valence-corrected chi connectivity index (χ1v) is 9.61. The first kappa shape index (κ1) is 16.3. The van der Waals surface area contributed by atoms with Gasteiger partial charge in [0, 0.05) is 5.22 Å². The van der Waals surface area contributed by atoms with Gasteiger partial charge in [-0.25, -0.2) is 14.8 Å². The van der Waals surface area contributed by atoms with Crippen molar-refractivity contribution in [2.45, 2.75) is 37.5 Å². The summed E-state index contributed by atoms with van der Waals surface area (Å²) in [4.78, 5) is 31.6. The Morgan fingerprint density at radius 2 is 2.22 bits per heavy atom. The van der Waals surface area contributed by atoms with Gasteiger partial charge in [0.15, 0.2) is 5.65 Å². The van der Waals surface area contributed by atoms with Gasteiger partial charge in [0.05, 0.1) is 17.5 Å². The molecule has 0 radical (unpaired) electrons. The standard InChI is InChI=1S/C17H17N7O2S/c1-8-2-5-12(27-8)13-21-14-9(6-11-15(25)23-17(26)20-11)7-18-24(14)16(22-13)19-10-3-4-10/h2,6-7,10,12,25H,3-5H2,1H3,(H2,20,23,26). The Morgan fingerprint density at radius 1 is 1.37 bits per heavy atom. The number of fused-ring (bicyclic) bond motifs is 1. The average Bonchev–Trinajstić information content (AvgIpc) is 3.04. The smallest absolute Gasteiger partial charge is 0.326 e. The molecule has 1 fully saturated rings. The van der Waals surface area contributed by atoms with Gasteiger partial charge < -0.3 is 10.1 Å². The highest BCUT2D eigenvalue weighted by molar-refractivity contribution is 8.03. The molecule has 1 atom stereocenters. The van der Waals surface area contributed by atoms with Crippen molar-refractivity contribution in [2.75, 3.05) is 0 Å². The molecule has 3 N–H and O–H groups in total. The van der Waals surface area contributed by atoms with Gasteiger partial charge in [0.1, 0.15) is 11.5 Å². The summed E-state index contributed by atoms with van der Waals surface area (Å²) in [5.74, 6) is 0.504. The van der Waals surface area contributed by atoms with E-state index in [0.29, 0.717) is 22.5 Å². The molecule has 1 saturated carbocycles. The van der Waals surface area contributed by atoms with E-state index in [1.165, 1.54) is 4.91 Å². The SMILES string of the molecule is CC1=CCC(c2nc(=NC3CC3)n3ncc(=Cc4[nH]c(=O)[nH]c4O)c3n2)S1. The van der Waals surface area contributed by atoms with Crippen LogP contribution in [0.1, 0.15) is 43.0 Å². The highest BCUT2D eigenvalue weighted by Crippen LogP contribution is 2.41. The van der Waals surface area contributed by atoms with Gasteiger partial charge >= 0.3 is 5.69 Å². The monoisotopic (exact) mass is 383 g/mol. The van der Waals surface area contributed by atoms with Crippen molar-refractivity contribution in [3.8, 4) is 5.88 Å². The van der Waals surface area contributed by atoms with Gasteiger partial charge in [-0.15, -0.1) is 11.8 Å². The minimum atomic E-state index is -0.473. The fourth-order valence-electron chi connectivity index (χ4n) is 2.99. The molecule has 5 rings (SSSR count). The molecular weight excluding hydrogens is 366 g/mol. The maximum atomic E-state index is 11.4. The average molecular weight is 383 g/mol. The van der Waals surface area contributed by atoms with Crippen LogP contribution in [0, 0.1) is 0 Å². The van der Waals surface area contributed by atoms with E-state index in [2.05, 4.69) is 38.0 Å². The summed E-state index contributed by atoms with van der Waals surface area (Å²) in [5.41, 5.74) is 0.961. The summed E-state index contributed by atoms with van der Waals surface area (Å²) >= 11 is 1.75. The number of hydrogen-bond donors (Lipinski definition) is 3. The molecule has 0 spiro atoms. The van der Waals surface area contributed by atoms with Crippen LogP contribution in [-0.4, -0.2) is 40.7 Å². The number of rotatable bonds is 3. The molecule has 0 aromatic carbocycles. The van der Waals surface area contributed by atoms with Gasteiger partial charge in [0.2, 0.25) is 11.5 Å². The van der Waals surface area contributed by atoms with Crippen molar-refractivity contribution in [1.29, 1.82) is 0 Å². The van der Waals surface area contributed by atoms with E-state index in [4.69, 9.17) is 4.98 Å². The molecule has 2 aliphatic rings. The summed E-state index contributed by atoms with van der Waals surface area (Å²) < 4.78 is 1.62. The van der Waals surface area contributed by atoms with Gasteiger partial charge in [-0.2, -0.15) is 14.6 Å².